The normalized spacial score (nSPS) is 14.4. The van der Waals surface area contributed by atoms with Gasteiger partial charge in [-0.05, 0) is 55.8 Å². The van der Waals surface area contributed by atoms with E-state index in [9.17, 15) is 19.2 Å². The van der Waals surface area contributed by atoms with Gasteiger partial charge in [0.1, 0.15) is 0 Å². The summed E-state index contributed by atoms with van der Waals surface area (Å²) in [6.45, 7) is 3.53. The molecule has 2 aromatic carbocycles. The average Bonchev–Trinajstić information content (AvgIpc) is 3.13. The molecule has 0 unspecified atom stereocenters. The molecule has 3 rings (SSSR count). The van der Waals surface area contributed by atoms with Crippen molar-refractivity contribution in [1.82, 2.24) is 0 Å². The molecular formula is C22H22N2O5. The molecule has 0 aliphatic carbocycles. The molecule has 7 nitrogen and oxygen atoms in total. The lowest BCUT2D eigenvalue weighted by atomic mass is 10.1. The van der Waals surface area contributed by atoms with Crippen LogP contribution < -0.4 is 10.2 Å². The first-order valence-corrected chi connectivity index (χ1v) is 9.38. The Morgan fingerprint density at radius 3 is 2.41 bits per heavy atom. The number of anilines is 2. The third-order valence-corrected chi connectivity index (χ3v) is 4.61. The molecule has 1 N–H and O–H groups in total. The lowest BCUT2D eigenvalue weighted by Gasteiger charge is -2.17. The summed E-state index contributed by atoms with van der Waals surface area (Å²) in [6.07, 6.45) is 0.312. The minimum Gasteiger partial charge on any atom is -0.451 e. The number of Topliss-reactive ketones (excluding diaryl/α,β-unsaturated/α-hetero) is 1. The SMILES string of the molecule is CC(=O)Nc1ccc(C(=O)[C@@H](C)OC(=O)c2cccc(N3CCCC3=O)c2)cc1. The monoisotopic (exact) mass is 394 g/mol. The maximum Gasteiger partial charge on any atom is 0.338 e. The summed E-state index contributed by atoms with van der Waals surface area (Å²) < 4.78 is 5.33. The molecule has 0 spiro atoms. The van der Waals surface area contributed by atoms with Gasteiger partial charge in [-0.1, -0.05) is 6.07 Å². The molecule has 0 bridgehead atoms. The minimum atomic E-state index is -0.980. The van der Waals surface area contributed by atoms with Crippen LogP contribution in [0.1, 0.15) is 47.4 Å². The number of esters is 1. The summed E-state index contributed by atoms with van der Waals surface area (Å²) in [5.74, 6) is -1.15. The summed E-state index contributed by atoms with van der Waals surface area (Å²) in [5.41, 5.74) is 1.88. The van der Waals surface area contributed by atoms with Crippen LogP contribution in [0.4, 0.5) is 11.4 Å². The van der Waals surface area contributed by atoms with Crippen LogP contribution in [-0.4, -0.2) is 36.2 Å². The lowest BCUT2D eigenvalue weighted by Crippen LogP contribution is -2.25. The average molecular weight is 394 g/mol. The van der Waals surface area contributed by atoms with Crippen LogP contribution >= 0.6 is 0 Å². The minimum absolute atomic E-state index is 0.0294. The van der Waals surface area contributed by atoms with E-state index in [0.29, 0.717) is 29.9 Å². The van der Waals surface area contributed by atoms with Crippen LogP contribution in [-0.2, 0) is 14.3 Å². The van der Waals surface area contributed by atoms with E-state index in [1.807, 2.05) is 0 Å². The predicted molar refractivity (Wildman–Crippen MR) is 108 cm³/mol. The number of carbonyl (C=O) groups is 4. The second-order valence-electron chi connectivity index (χ2n) is 6.87. The Morgan fingerprint density at radius 2 is 1.79 bits per heavy atom. The first-order valence-electron chi connectivity index (χ1n) is 9.38. The second kappa shape index (κ2) is 8.68. The number of benzene rings is 2. The fourth-order valence-corrected chi connectivity index (χ4v) is 3.16. The Balaban J connectivity index is 1.66. The zero-order chi connectivity index (χ0) is 21.0. The van der Waals surface area contributed by atoms with Gasteiger partial charge in [-0.25, -0.2) is 4.79 Å². The molecule has 1 aliphatic rings. The highest BCUT2D eigenvalue weighted by atomic mass is 16.5. The molecule has 2 amide bonds. The van der Waals surface area contributed by atoms with Gasteiger partial charge in [0.05, 0.1) is 5.56 Å². The van der Waals surface area contributed by atoms with Gasteiger partial charge in [-0.2, -0.15) is 0 Å². The number of hydrogen-bond donors (Lipinski definition) is 1. The van der Waals surface area contributed by atoms with E-state index in [1.54, 1.807) is 53.4 Å². The lowest BCUT2D eigenvalue weighted by molar-refractivity contribution is -0.117. The first kappa shape index (κ1) is 20.3. The van der Waals surface area contributed by atoms with Crippen molar-refractivity contribution in [3.8, 4) is 0 Å². The highest BCUT2D eigenvalue weighted by Crippen LogP contribution is 2.23. The van der Waals surface area contributed by atoms with E-state index < -0.39 is 12.1 Å². The van der Waals surface area contributed by atoms with E-state index in [-0.39, 0.29) is 23.2 Å². The Bertz CT molecular complexity index is 952. The zero-order valence-electron chi connectivity index (χ0n) is 16.3. The predicted octanol–water partition coefficient (Wildman–Crippen LogP) is 3.20. The Hall–Kier alpha value is -3.48. The van der Waals surface area contributed by atoms with Crippen molar-refractivity contribution in [3.05, 3.63) is 59.7 Å². The third-order valence-electron chi connectivity index (χ3n) is 4.61. The molecule has 0 radical (unpaired) electrons. The van der Waals surface area contributed by atoms with Gasteiger partial charge in [-0.3, -0.25) is 14.4 Å². The molecule has 1 heterocycles. The standard InChI is InChI=1S/C22H22N2O5/c1-14(21(27)16-8-10-18(11-9-16)23-15(2)25)29-22(28)17-5-3-6-19(13-17)24-12-4-7-20(24)26/h3,5-6,8-11,13-14H,4,7,12H2,1-2H3,(H,23,25)/t14-/m1/s1. The molecule has 7 heteroatoms. The summed E-state index contributed by atoms with van der Waals surface area (Å²) in [6, 6.07) is 13.0. The maximum absolute atomic E-state index is 12.5. The van der Waals surface area contributed by atoms with Gasteiger partial charge in [0.25, 0.3) is 0 Å². The fourth-order valence-electron chi connectivity index (χ4n) is 3.16. The van der Waals surface area contributed by atoms with Crippen molar-refractivity contribution in [2.75, 3.05) is 16.8 Å². The van der Waals surface area contributed by atoms with Gasteiger partial charge >= 0.3 is 5.97 Å². The number of nitrogens with one attached hydrogen (secondary N) is 1. The Morgan fingerprint density at radius 1 is 1.07 bits per heavy atom. The van der Waals surface area contributed by atoms with Crippen LogP contribution in [0.5, 0.6) is 0 Å². The third kappa shape index (κ3) is 4.87. The highest BCUT2D eigenvalue weighted by molar-refractivity contribution is 6.02. The van der Waals surface area contributed by atoms with E-state index >= 15 is 0 Å². The molecule has 2 aromatic rings. The molecule has 0 aromatic heterocycles. The molecule has 1 fully saturated rings. The maximum atomic E-state index is 12.5. The largest absolute Gasteiger partial charge is 0.451 e. The summed E-state index contributed by atoms with van der Waals surface area (Å²) in [4.78, 5) is 49.6. The Kier molecular flexibility index (Phi) is 6.07. The van der Waals surface area contributed by atoms with E-state index in [4.69, 9.17) is 4.74 Å². The van der Waals surface area contributed by atoms with Crippen molar-refractivity contribution in [1.29, 1.82) is 0 Å². The van der Waals surface area contributed by atoms with Gasteiger partial charge in [0.2, 0.25) is 17.6 Å². The molecule has 1 aliphatic heterocycles. The number of nitrogens with zero attached hydrogens (tertiary/aromatic N) is 1. The van der Waals surface area contributed by atoms with Gasteiger partial charge in [0.15, 0.2) is 6.10 Å². The van der Waals surface area contributed by atoms with Crippen molar-refractivity contribution < 1.29 is 23.9 Å². The number of amides is 2. The molecular weight excluding hydrogens is 372 g/mol. The summed E-state index contributed by atoms with van der Waals surface area (Å²) in [5, 5.41) is 2.62. The number of carbonyl (C=O) groups excluding carboxylic acids is 4. The van der Waals surface area contributed by atoms with Crippen LogP contribution in [0.2, 0.25) is 0 Å². The molecule has 1 atom stereocenters. The zero-order valence-corrected chi connectivity index (χ0v) is 16.3. The molecule has 150 valence electrons. The molecule has 1 saturated heterocycles. The van der Waals surface area contributed by atoms with Crippen LogP contribution in [0.25, 0.3) is 0 Å². The van der Waals surface area contributed by atoms with Crippen LogP contribution in [0.3, 0.4) is 0 Å². The van der Waals surface area contributed by atoms with Crippen molar-refractivity contribution >= 4 is 34.9 Å². The highest BCUT2D eigenvalue weighted by Gasteiger charge is 2.24. The van der Waals surface area contributed by atoms with E-state index in [0.717, 1.165) is 6.42 Å². The number of ketones is 1. The van der Waals surface area contributed by atoms with Crippen molar-refractivity contribution in [3.63, 3.8) is 0 Å². The topological polar surface area (TPSA) is 92.8 Å². The quantitative estimate of drug-likeness (QED) is 0.600. The second-order valence-corrected chi connectivity index (χ2v) is 6.87. The molecule has 29 heavy (non-hydrogen) atoms. The summed E-state index contributed by atoms with van der Waals surface area (Å²) in [7, 11) is 0. The number of rotatable bonds is 6. The number of ether oxygens (including phenoxy) is 1. The van der Waals surface area contributed by atoms with Gasteiger partial charge in [0, 0.05) is 36.8 Å². The van der Waals surface area contributed by atoms with Gasteiger partial charge in [-0.15, -0.1) is 0 Å². The van der Waals surface area contributed by atoms with E-state index in [1.165, 1.54) is 13.8 Å². The molecule has 0 saturated carbocycles. The van der Waals surface area contributed by atoms with E-state index in [2.05, 4.69) is 5.32 Å². The van der Waals surface area contributed by atoms with Crippen molar-refractivity contribution in [2.24, 2.45) is 0 Å². The van der Waals surface area contributed by atoms with Crippen molar-refractivity contribution in [2.45, 2.75) is 32.8 Å². The fraction of sp³-hybridized carbons (Fsp3) is 0.273. The van der Waals surface area contributed by atoms with Crippen LogP contribution in [0, 0.1) is 0 Å². The van der Waals surface area contributed by atoms with Gasteiger partial charge < -0.3 is 15.0 Å². The summed E-state index contributed by atoms with van der Waals surface area (Å²) >= 11 is 0. The Labute approximate surface area is 168 Å². The smallest absolute Gasteiger partial charge is 0.338 e. The van der Waals surface area contributed by atoms with Crippen LogP contribution in [0.15, 0.2) is 48.5 Å². The first-order chi connectivity index (χ1) is 13.8. The number of hydrogen-bond acceptors (Lipinski definition) is 5.